The van der Waals surface area contributed by atoms with E-state index in [2.05, 4.69) is 33.9 Å². The molecule has 0 saturated heterocycles. The van der Waals surface area contributed by atoms with Gasteiger partial charge in [-0.15, -0.1) is 12.4 Å². The Hall–Kier alpha value is 0.724. The highest BCUT2D eigenvalue weighted by atomic mass is 35.5. The van der Waals surface area contributed by atoms with Crippen LogP contribution in [0.3, 0.4) is 0 Å². The van der Waals surface area contributed by atoms with Gasteiger partial charge in [-0.3, -0.25) is 0 Å². The molecule has 9 heavy (non-hydrogen) atoms. The summed E-state index contributed by atoms with van der Waals surface area (Å²) >= 11 is 0. The van der Waals surface area contributed by atoms with Crippen molar-refractivity contribution in [2.45, 2.75) is 38.9 Å². The smallest absolute Gasteiger partial charge is 0.0186 e. The molecule has 0 N–H and O–H groups in total. The molecule has 0 bridgehead atoms. The minimum atomic E-state index is -0.157. The van der Waals surface area contributed by atoms with Gasteiger partial charge in [0.1, 0.15) is 0 Å². The van der Waals surface area contributed by atoms with Gasteiger partial charge in [-0.25, -0.2) is 0 Å². The van der Waals surface area contributed by atoms with Crippen LogP contribution in [-0.2, 0) is 0 Å². The van der Waals surface area contributed by atoms with Gasteiger partial charge in [-0.05, 0) is 0 Å². The lowest BCUT2D eigenvalue weighted by Gasteiger charge is -2.18. The van der Waals surface area contributed by atoms with Crippen LogP contribution in [0.25, 0.3) is 0 Å². The average molecular weight is 183 g/mol. The Labute approximate surface area is 69.1 Å². The fourth-order valence-corrected chi connectivity index (χ4v) is 11.0. The van der Waals surface area contributed by atoms with E-state index in [1.54, 1.807) is 0 Å². The first kappa shape index (κ1) is 12.4. The van der Waals surface area contributed by atoms with E-state index >= 15 is 0 Å². The van der Waals surface area contributed by atoms with Crippen LogP contribution in [-0.4, -0.2) is 17.4 Å². The zero-order valence-electron chi connectivity index (χ0n) is 7.19. The highest BCUT2D eigenvalue weighted by Gasteiger charge is 2.12. The molecule has 0 aliphatic heterocycles. The molecular weight excluding hydrogens is 164 g/mol. The summed E-state index contributed by atoms with van der Waals surface area (Å²) in [5, 5.41) is 0.723. The highest BCUT2D eigenvalue weighted by Crippen LogP contribution is 2.20. The fraction of sp³-hybridized carbons (Fsp3) is 1.00. The van der Waals surface area contributed by atoms with E-state index in [0.717, 1.165) is 5.04 Å². The lowest BCUT2D eigenvalue weighted by Crippen LogP contribution is -2.22. The SMILES string of the molecule is C[SiH](C)[SiH2]C(C)(C)C.Cl. The van der Waals surface area contributed by atoms with E-state index in [0.29, 0.717) is 9.04 Å². The molecule has 0 aromatic carbocycles. The molecular formula is C6H19ClSi2. The summed E-state index contributed by atoms with van der Waals surface area (Å²) in [5.74, 6) is 0. The standard InChI is InChI=1S/C6H18Si2.ClH/c1-6(2,3)7-8(4)5;/h8H,7H2,1-5H3;1H. The topological polar surface area (TPSA) is 0 Å². The first-order chi connectivity index (χ1) is 3.42. The van der Waals surface area contributed by atoms with Crippen LogP contribution in [0.2, 0.25) is 18.1 Å². The maximum absolute atomic E-state index is 2.47. The van der Waals surface area contributed by atoms with Gasteiger partial charge >= 0.3 is 0 Å². The first-order valence-corrected chi connectivity index (χ1v) is 9.70. The number of hydrogen-bond donors (Lipinski definition) is 0. The summed E-state index contributed by atoms with van der Waals surface area (Å²) in [6, 6.07) is 0. The predicted octanol–water partition coefficient (Wildman–Crippen LogP) is 1.78. The van der Waals surface area contributed by atoms with Crippen molar-refractivity contribution >= 4 is 29.8 Å². The van der Waals surface area contributed by atoms with Gasteiger partial charge in [0.2, 0.25) is 0 Å². The molecule has 0 fully saturated rings. The third-order valence-electron chi connectivity index (χ3n) is 1.02. The van der Waals surface area contributed by atoms with Crippen LogP contribution in [0, 0.1) is 0 Å². The van der Waals surface area contributed by atoms with Crippen molar-refractivity contribution < 1.29 is 0 Å². The summed E-state index contributed by atoms with van der Waals surface area (Å²) in [6.45, 7) is 12.1. The number of hydrogen-bond acceptors (Lipinski definition) is 0. The molecule has 0 nitrogen and oxygen atoms in total. The maximum atomic E-state index is 2.47. The van der Waals surface area contributed by atoms with Gasteiger partial charge in [-0.2, -0.15) is 0 Å². The third kappa shape index (κ3) is 12.0. The molecule has 0 aromatic rings. The maximum Gasteiger partial charge on any atom is 0.0186 e. The molecule has 0 atom stereocenters. The predicted molar refractivity (Wildman–Crippen MR) is 54.4 cm³/mol. The van der Waals surface area contributed by atoms with Crippen LogP contribution in [0.4, 0.5) is 0 Å². The Morgan fingerprint density at radius 2 is 1.44 bits per heavy atom. The second-order valence-corrected chi connectivity index (χ2v) is 15.6. The normalized spacial score (nSPS) is 12.7. The Morgan fingerprint density at radius 3 is 1.44 bits per heavy atom. The molecule has 0 unspecified atom stereocenters. The van der Waals surface area contributed by atoms with Crippen molar-refractivity contribution in [2.75, 3.05) is 0 Å². The minimum Gasteiger partial charge on any atom is -0.147 e. The molecule has 58 valence electrons. The van der Waals surface area contributed by atoms with Crippen molar-refractivity contribution in [2.24, 2.45) is 0 Å². The zero-order valence-corrected chi connectivity index (χ0v) is 10.6. The van der Waals surface area contributed by atoms with Crippen molar-refractivity contribution in [1.29, 1.82) is 0 Å². The van der Waals surface area contributed by atoms with Crippen molar-refractivity contribution in [1.82, 2.24) is 0 Å². The second-order valence-electron chi connectivity index (χ2n) is 4.16. The molecule has 0 rings (SSSR count). The van der Waals surface area contributed by atoms with E-state index in [1.807, 2.05) is 0 Å². The van der Waals surface area contributed by atoms with Gasteiger partial charge in [0.25, 0.3) is 0 Å². The van der Waals surface area contributed by atoms with Gasteiger partial charge < -0.3 is 0 Å². The van der Waals surface area contributed by atoms with Crippen LogP contribution in [0.5, 0.6) is 0 Å². The van der Waals surface area contributed by atoms with Crippen molar-refractivity contribution in [3.05, 3.63) is 0 Å². The van der Waals surface area contributed by atoms with Crippen molar-refractivity contribution in [3.8, 4) is 0 Å². The lowest BCUT2D eigenvalue weighted by atomic mass is 10.3. The quantitative estimate of drug-likeness (QED) is 0.543. The van der Waals surface area contributed by atoms with E-state index in [4.69, 9.17) is 0 Å². The third-order valence-corrected chi connectivity index (χ3v) is 9.19. The van der Waals surface area contributed by atoms with Gasteiger partial charge in [0.05, 0.1) is 0 Å². The number of rotatable bonds is 1. The second kappa shape index (κ2) is 4.53. The largest absolute Gasteiger partial charge is 0.147 e. The molecule has 0 saturated carbocycles. The molecule has 0 aliphatic carbocycles. The first-order valence-electron chi connectivity index (χ1n) is 3.42. The number of halogens is 1. The summed E-state index contributed by atoms with van der Waals surface area (Å²) in [7, 11) is 0.167. The fourth-order valence-electron chi connectivity index (χ4n) is 1.22. The molecule has 0 aromatic heterocycles. The minimum absolute atomic E-state index is 0. The Bertz CT molecular complexity index is 65.9. The van der Waals surface area contributed by atoms with E-state index in [9.17, 15) is 0 Å². The van der Waals surface area contributed by atoms with Crippen LogP contribution in [0.1, 0.15) is 20.8 Å². The van der Waals surface area contributed by atoms with E-state index in [-0.39, 0.29) is 20.7 Å². The van der Waals surface area contributed by atoms with E-state index < -0.39 is 0 Å². The average Bonchev–Trinajstić information content (AvgIpc) is 1.21. The van der Waals surface area contributed by atoms with Gasteiger partial charge in [-0.1, -0.05) is 38.9 Å². The Morgan fingerprint density at radius 1 is 1.11 bits per heavy atom. The summed E-state index contributed by atoms with van der Waals surface area (Å²) in [5.41, 5.74) is 0. The summed E-state index contributed by atoms with van der Waals surface area (Å²) in [4.78, 5) is 0. The monoisotopic (exact) mass is 182 g/mol. The molecule has 0 amide bonds. The van der Waals surface area contributed by atoms with Crippen LogP contribution in [0.15, 0.2) is 0 Å². The molecule has 0 aliphatic rings. The van der Waals surface area contributed by atoms with Crippen molar-refractivity contribution in [3.63, 3.8) is 0 Å². The molecule has 0 spiro atoms. The Balaban J connectivity index is 0. The lowest BCUT2D eigenvalue weighted by molar-refractivity contribution is 0.762. The Kier molecular flexibility index (Phi) is 6.24. The molecule has 3 heteroatoms. The zero-order chi connectivity index (χ0) is 6.78. The highest BCUT2D eigenvalue weighted by molar-refractivity contribution is 7.12. The summed E-state index contributed by atoms with van der Waals surface area (Å²) < 4.78 is 0. The van der Waals surface area contributed by atoms with E-state index in [1.165, 1.54) is 0 Å². The molecule has 0 radical (unpaired) electrons. The van der Waals surface area contributed by atoms with Crippen LogP contribution < -0.4 is 0 Å². The van der Waals surface area contributed by atoms with Crippen LogP contribution >= 0.6 is 12.4 Å². The molecule has 0 heterocycles. The van der Waals surface area contributed by atoms with Gasteiger partial charge in [0, 0.05) is 17.4 Å². The summed E-state index contributed by atoms with van der Waals surface area (Å²) in [6.07, 6.45) is 0. The van der Waals surface area contributed by atoms with Gasteiger partial charge in [0.15, 0.2) is 0 Å².